The van der Waals surface area contributed by atoms with E-state index in [4.69, 9.17) is 5.73 Å². The molecule has 0 heterocycles. The highest BCUT2D eigenvalue weighted by atomic mass is 16.3. The molecule has 1 aromatic rings. The Hall–Kier alpha value is -1.55. The molecule has 0 radical (unpaired) electrons. The zero-order chi connectivity index (χ0) is 12.5. The summed E-state index contributed by atoms with van der Waals surface area (Å²) >= 11 is 0. The van der Waals surface area contributed by atoms with Crippen molar-refractivity contribution >= 4 is 11.6 Å². The maximum Gasteiger partial charge on any atom is 0.253 e. The van der Waals surface area contributed by atoms with E-state index in [0.717, 1.165) is 24.8 Å². The van der Waals surface area contributed by atoms with Gasteiger partial charge < -0.3 is 16.2 Å². The number of nitrogen functional groups attached to an aromatic ring is 1. The van der Waals surface area contributed by atoms with Gasteiger partial charge in [-0.3, -0.25) is 4.79 Å². The van der Waals surface area contributed by atoms with Gasteiger partial charge in [-0.15, -0.1) is 0 Å². The summed E-state index contributed by atoms with van der Waals surface area (Å²) in [5.41, 5.74) is 6.92. The number of hydrogen-bond donors (Lipinski definition) is 3. The molecule has 1 aromatic carbocycles. The zero-order valence-electron chi connectivity index (χ0n) is 9.99. The first-order chi connectivity index (χ1) is 8.02. The van der Waals surface area contributed by atoms with E-state index < -0.39 is 5.60 Å². The van der Waals surface area contributed by atoms with Crippen molar-refractivity contribution in [3.63, 3.8) is 0 Å². The summed E-state index contributed by atoms with van der Waals surface area (Å²) in [6.07, 6.45) is 2.55. The van der Waals surface area contributed by atoms with Crippen LogP contribution in [0.5, 0.6) is 0 Å². The van der Waals surface area contributed by atoms with Crippen molar-refractivity contribution in [3.05, 3.63) is 29.3 Å². The quantitative estimate of drug-likeness (QED) is 0.688. The Bertz CT molecular complexity index is 419. The third-order valence-electron chi connectivity index (χ3n) is 3.39. The summed E-state index contributed by atoms with van der Waals surface area (Å²) < 4.78 is 0. The van der Waals surface area contributed by atoms with E-state index in [0.29, 0.717) is 17.8 Å². The number of anilines is 1. The van der Waals surface area contributed by atoms with Crippen LogP contribution in [0.2, 0.25) is 0 Å². The molecule has 2 rings (SSSR count). The molecular formula is C13H18N2O2. The molecule has 17 heavy (non-hydrogen) atoms. The summed E-state index contributed by atoms with van der Waals surface area (Å²) in [6.45, 7) is 2.16. The molecule has 0 unspecified atom stereocenters. The van der Waals surface area contributed by atoms with E-state index >= 15 is 0 Å². The molecule has 4 nitrogen and oxygen atoms in total. The lowest BCUT2D eigenvalue weighted by molar-refractivity contribution is -0.0300. The number of carbonyl (C=O) groups excluding carboxylic acids is 1. The van der Waals surface area contributed by atoms with Gasteiger partial charge in [0, 0.05) is 12.2 Å². The Balaban J connectivity index is 2.04. The van der Waals surface area contributed by atoms with Crippen molar-refractivity contribution in [1.82, 2.24) is 5.32 Å². The molecule has 92 valence electrons. The number of aryl methyl sites for hydroxylation is 1. The maximum absolute atomic E-state index is 12.0. The standard InChI is InChI=1S/C13H18N2O2/c1-9-4-2-5-10(14)11(9)12(16)15-8-13(17)6-3-7-13/h2,4-5,17H,3,6-8,14H2,1H3,(H,15,16). The highest BCUT2D eigenvalue weighted by molar-refractivity contribution is 6.00. The average Bonchev–Trinajstić information content (AvgIpc) is 2.23. The normalized spacial score (nSPS) is 17.3. The van der Waals surface area contributed by atoms with E-state index in [1.165, 1.54) is 0 Å². The van der Waals surface area contributed by atoms with Crippen molar-refractivity contribution in [3.8, 4) is 0 Å². The van der Waals surface area contributed by atoms with Gasteiger partial charge in [0.05, 0.1) is 11.2 Å². The molecule has 0 aliphatic heterocycles. The minimum Gasteiger partial charge on any atom is -0.398 e. The van der Waals surface area contributed by atoms with E-state index in [-0.39, 0.29) is 5.91 Å². The second-order valence-electron chi connectivity index (χ2n) is 4.80. The van der Waals surface area contributed by atoms with Crippen molar-refractivity contribution < 1.29 is 9.90 Å². The minimum atomic E-state index is -0.701. The lowest BCUT2D eigenvalue weighted by Gasteiger charge is -2.36. The zero-order valence-corrected chi connectivity index (χ0v) is 9.99. The predicted molar refractivity (Wildman–Crippen MR) is 66.7 cm³/mol. The monoisotopic (exact) mass is 234 g/mol. The second-order valence-corrected chi connectivity index (χ2v) is 4.80. The van der Waals surface area contributed by atoms with E-state index in [1.807, 2.05) is 19.1 Å². The lowest BCUT2D eigenvalue weighted by Crippen LogP contribution is -2.47. The second kappa shape index (κ2) is 4.37. The maximum atomic E-state index is 12.0. The fourth-order valence-corrected chi connectivity index (χ4v) is 2.10. The summed E-state index contributed by atoms with van der Waals surface area (Å²) in [5, 5.41) is 12.7. The van der Waals surface area contributed by atoms with Crippen LogP contribution >= 0.6 is 0 Å². The van der Waals surface area contributed by atoms with Gasteiger partial charge in [0.25, 0.3) is 5.91 Å². The topological polar surface area (TPSA) is 75.4 Å². The molecule has 0 saturated heterocycles. The van der Waals surface area contributed by atoms with Gasteiger partial charge in [-0.1, -0.05) is 12.1 Å². The van der Waals surface area contributed by atoms with Gasteiger partial charge in [-0.05, 0) is 37.8 Å². The number of carbonyl (C=O) groups is 1. The Morgan fingerprint density at radius 3 is 2.76 bits per heavy atom. The van der Waals surface area contributed by atoms with Crippen LogP contribution in [0.4, 0.5) is 5.69 Å². The van der Waals surface area contributed by atoms with E-state index in [1.54, 1.807) is 6.07 Å². The Morgan fingerprint density at radius 2 is 2.24 bits per heavy atom. The molecular weight excluding hydrogens is 216 g/mol. The third-order valence-corrected chi connectivity index (χ3v) is 3.39. The third kappa shape index (κ3) is 2.42. The summed E-state index contributed by atoms with van der Waals surface area (Å²) in [6, 6.07) is 5.38. The fraction of sp³-hybridized carbons (Fsp3) is 0.462. The molecule has 4 N–H and O–H groups in total. The smallest absolute Gasteiger partial charge is 0.253 e. The van der Waals surface area contributed by atoms with Crippen LogP contribution in [0.15, 0.2) is 18.2 Å². The molecule has 1 aliphatic carbocycles. The van der Waals surface area contributed by atoms with E-state index in [2.05, 4.69) is 5.32 Å². The van der Waals surface area contributed by atoms with Gasteiger partial charge in [0.1, 0.15) is 0 Å². The SMILES string of the molecule is Cc1cccc(N)c1C(=O)NCC1(O)CCC1. The van der Waals surface area contributed by atoms with Gasteiger partial charge in [0.15, 0.2) is 0 Å². The minimum absolute atomic E-state index is 0.207. The number of nitrogens with one attached hydrogen (secondary N) is 1. The highest BCUT2D eigenvalue weighted by Crippen LogP contribution is 2.30. The molecule has 0 spiro atoms. The van der Waals surface area contributed by atoms with Gasteiger partial charge >= 0.3 is 0 Å². The first-order valence-electron chi connectivity index (χ1n) is 5.87. The molecule has 1 fully saturated rings. The lowest BCUT2D eigenvalue weighted by atomic mass is 9.80. The van der Waals surface area contributed by atoms with Crippen molar-refractivity contribution in [1.29, 1.82) is 0 Å². The van der Waals surface area contributed by atoms with Crippen LogP contribution in [0.3, 0.4) is 0 Å². The predicted octanol–water partition coefficient (Wildman–Crippen LogP) is 1.22. The first-order valence-corrected chi connectivity index (χ1v) is 5.87. The van der Waals surface area contributed by atoms with Crippen LogP contribution in [0.1, 0.15) is 35.2 Å². The Labute approximate surface area is 101 Å². The highest BCUT2D eigenvalue weighted by Gasteiger charge is 2.34. The number of rotatable bonds is 3. The Kier molecular flexibility index (Phi) is 3.07. The molecule has 4 heteroatoms. The molecule has 1 aliphatic rings. The summed E-state index contributed by atoms with van der Waals surface area (Å²) in [5.74, 6) is -0.207. The van der Waals surface area contributed by atoms with Gasteiger partial charge in [0.2, 0.25) is 0 Å². The number of amides is 1. The van der Waals surface area contributed by atoms with Gasteiger partial charge in [-0.25, -0.2) is 0 Å². The number of benzene rings is 1. The first kappa shape index (κ1) is 11.9. The molecule has 0 aromatic heterocycles. The number of nitrogens with two attached hydrogens (primary N) is 1. The van der Waals surface area contributed by atoms with Crippen molar-refractivity contribution in [2.45, 2.75) is 31.8 Å². The molecule has 1 amide bonds. The number of hydrogen-bond acceptors (Lipinski definition) is 3. The molecule has 1 saturated carbocycles. The van der Waals surface area contributed by atoms with Crippen molar-refractivity contribution in [2.75, 3.05) is 12.3 Å². The summed E-state index contributed by atoms with van der Waals surface area (Å²) in [4.78, 5) is 12.0. The van der Waals surface area contributed by atoms with E-state index in [9.17, 15) is 9.90 Å². The fourth-order valence-electron chi connectivity index (χ4n) is 2.10. The van der Waals surface area contributed by atoms with Gasteiger partial charge in [-0.2, -0.15) is 0 Å². The van der Waals surface area contributed by atoms with Crippen LogP contribution in [-0.2, 0) is 0 Å². The Morgan fingerprint density at radius 1 is 1.53 bits per heavy atom. The largest absolute Gasteiger partial charge is 0.398 e. The molecule has 0 atom stereocenters. The van der Waals surface area contributed by atoms with Crippen LogP contribution < -0.4 is 11.1 Å². The van der Waals surface area contributed by atoms with Crippen molar-refractivity contribution in [2.24, 2.45) is 0 Å². The summed E-state index contributed by atoms with van der Waals surface area (Å²) in [7, 11) is 0. The van der Waals surface area contributed by atoms with Crippen LogP contribution in [0.25, 0.3) is 0 Å². The average molecular weight is 234 g/mol. The molecule has 0 bridgehead atoms. The van der Waals surface area contributed by atoms with Crippen LogP contribution in [0, 0.1) is 6.92 Å². The van der Waals surface area contributed by atoms with Crippen LogP contribution in [-0.4, -0.2) is 23.2 Å². The number of aliphatic hydroxyl groups is 1.